The number of benzene rings is 8. The van der Waals surface area contributed by atoms with Crippen molar-refractivity contribution in [3.63, 3.8) is 0 Å². The SMILES string of the molecule is C.C#Cc1ccc(CN2CCOCC2)cc1.CC(O)C(C(=O)CO)N1Cc2cc(C#Cc3ccc(CN4CCOCC4)cc3)ccc2C1=O.CC(O)C(C(=O)CO)N1Cc2cc(C#Cc3ccc(CN4CCOCC4)cc3)ccc2C1=O.CCOC(=O)C(C(C)O)N1Cc2cc(Br)ccc2C1=O.CCOC(=O)C(N)C(C)O.CO.Cc1cc(Br)ccc1C(=O)O.NO.O=C(O)c1ccc(Br)cc1CBr. The minimum atomic E-state index is -1.08. The van der Waals surface area contributed by atoms with E-state index in [1.54, 1.807) is 93.6 Å². The van der Waals surface area contributed by atoms with Gasteiger partial charge in [0, 0.05) is 149 Å². The number of hydrogen-bond donors (Lipinski definition) is 12. The van der Waals surface area contributed by atoms with Crippen molar-refractivity contribution in [1.82, 2.24) is 29.4 Å². The molecule has 6 heterocycles. The lowest BCUT2D eigenvalue weighted by molar-refractivity contribution is -0.152. The van der Waals surface area contributed by atoms with Gasteiger partial charge in [-0.25, -0.2) is 20.3 Å². The number of carbonyl (C=O) groups is 9. The molecule has 3 amide bonds. The van der Waals surface area contributed by atoms with Crippen LogP contribution in [0.25, 0.3) is 0 Å². The second-order valence-electron chi connectivity index (χ2n) is 31.8. The Hall–Kier alpha value is -10.7. The van der Waals surface area contributed by atoms with E-state index in [1.807, 2.05) is 54.6 Å². The first-order chi connectivity index (χ1) is 66.1. The molecule has 14 N–H and O–H groups in total. The lowest BCUT2D eigenvalue weighted by Crippen LogP contribution is -2.49. The van der Waals surface area contributed by atoms with Crippen LogP contribution >= 0.6 is 63.7 Å². The summed E-state index contributed by atoms with van der Waals surface area (Å²) in [7, 11) is 1.00. The van der Waals surface area contributed by atoms with Crippen molar-refractivity contribution in [3.8, 4) is 36.0 Å². The van der Waals surface area contributed by atoms with Crippen molar-refractivity contribution in [3.05, 3.63) is 277 Å². The average Bonchev–Trinajstić information content (AvgIpc) is 1.64. The molecular formula is C103H124Br4N8O24. The van der Waals surface area contributed by atoms with Crippen LogP contribution in [0, 0.1) is 42.9 Å². The highest BCUT2D eigenvalue weighted by Gasteiger charge is 2.42. The predicted octanol–water partition coefficient (Wildman–Crippen LogP) is 9.92. The van der Waals surface area contributed by atoms with E-state index in [-0.39, 0.29) is 44.8 Å². The Kier molecular flexibility index (Phi) is 52.9. The van der Waals surface area contributed by atoms with Crippen LogP contribution in [0.4, 0.5) is 0 Å². The number of nitrogens with zero attached hydrogens (tertiary/aromatic N) is 6. The molecule has 14 rings (SSSR count). The third-order valence-corrected chi connectivity index (χ3v) is 23.9. The topological polar surface area (TPSA) is 474 Å². The molecule has 0 bridgehead atoms. The molecule has 8 atom stereocenters. The van der Waals surface area contributed by atoms with E-state index >= 15 is 0 Å². The summed E-state index contributed by atoms with van der Waals surface area (Å²) in [4.78, 5) is 117. The summed E-state index contributed by atoms with van der Waals surface area (Å²) in [6.45, 7) is 24.2. The van der Waals surface area contributed by atoms with Gasteiger partial charge in [-0.2, -0.15) is 0 Å². The number of aliphatic hydroxyl groups excluding tert-OH is 7. The minimum absolute atomic E-state index is 0. The van der Waals surface area contributed by atoms with Crippen molar-refractivity contribution >= 4 is 117 Å². The number of carboxylic acids is 2. The third kappa shape index (κ3) is 37.1. The van der Waals surface area contributed by atoms with E-state index in [0.29, 0.717) is 46.3 Å². The molecule has 0 radical (unpaired) electrons. The molecule has 3 fully saturated rings. The van der Waals surface area contributed by atoms with E-state index in [4.69, 9.17) is 56.7 Å². The Morgan fingerprint density at radius 3 is 1.08 bits per heavy atom. The molecular weight excluding hydrogens is 2050 g/mol. The summed E-state index contributed by atoms with van der Waals surface area (Å²) in [6, 6.07) is 46.7. The first-order valence-corrected chi connectivity index (χ1v) is 47.6. The van der Waals surface area contributed by atoms with Crippen LogP contribution in [0.3, 0.4) is 0 Å². The Bertz CT molecular complexity index is 5350. The van der Waals surface area contributed by atoms with Gasteiger partial charge in [-0.3, -0.25) is 43.5 Å². The first-order valence-electron chi connectivity index (χ1n) is 44.1. The van der Waals surface area contributed by atoms with E-state index in [0.717, 1.165) is 175 Å². The van der Waals surface area contributed by atoms with Gasteiger partial charge in [-0.05, 0) is 220 Å². The molecule has 3 saturated heterocycles. The number of fused-ring (bicyclic) bond motifs is 3. The number of alkyl halides is 1. The maximum atomic E-state index is 12.8. The number of hydrogen-bond acceptors (Lipinski definition) is 27. The molecule has 0 saturated carbocycles. The molecule has 0 spiro atoms. The number of aliphatic hydroxyl groups is 7. The molecule has 748 valence electrons. The lowest BCUT2D eigenvalue weighted by atomic mass is 10.1. The Labute approximate surface area is 845 Å². The number of terminal acetylenes is 1. The van der Waals surface area contributed by atoms with Crippen molar-refractivity contribution in [2.24, 2.45) is 11.6 Å². The summed E-state index contributed by atoms with van der Waals surface area (Å²) in [5.41, 5.74) is 19.4. The predicted molar refractivity (Wildman–Crippen MR) is 538 cm³/mol. The van der Waals surface area contributed by atoms with Crippen molar-refractivity contribution in [1.29, 1.82) is 0 Å². The summed E-state index contributed by atoms with van der Waals surface area (Å²) in [6.07, 6.45) is 1.32. The summed E-state index contributed by atoms with van der Waals surface area (Å²) >= 11 is 13.1. The molecule has 6 aliphatic rings. The third-order valence-electron chi connectivity index (χ3n) is 21.9. The number of esters is 2. The zero-order valence-corrected chi connectivity index (χ0v) is 84.4. The molecule has 8 aromatic carbocycles. The van der Waals surface area contributed by atoms with Gasteiger partial charge < -0.3 is 95.3 Å². The van der Waals surface area contributed by atoms with Crippen molar-refractivity contribution in [2.45, 2.75) is 149 Å². The fraction of sp³-hybridized carbons (Fsp3) is 0.388. The molecule has 36 heteroatoms. The highest BCUT2D eigenvalue weighted by molar-refractivity contribution is 9.11. The number of carbonyl (C=O) groups excluding carboxylic acids is 7. The monoisotopic (exact) mass is 2170 g/mol. The number of ether oxygens (including phenoxy) is 5. The van der Waals surface area contributed by atoms with Crippen LogP contribution in [0.15, 0.2) is 177 Å². The number of aromatic carboxylic acids is 2. The van der Waals surface area contributed by atoms with Crippen LogP contribution in [0.2, 0.25) is 0 Å². The number of halogens is 4. The summed E-state index contributed by atoms with van der Waals surface area (Å²) in [5, 5.41) is 88.5. The molecule has 139 heavy (non-hydrogen) atoms. The second-order valence-corrected chi connectivity index (χ2v) is 35.1. The Balaban J connectivity index is 0.000000298. The minimum Gasteiger partial charge on any atom is -0.478 e. The van der Waals surface area contributed by atoms with Gasteiger partial charge >= 0.3 is 23.9 Å². The normalized spacial score (nSPS) is 15.6. The quantitative estimate of drug-likeness (QED) is 0.0116. The number of carboxylic acid groups (broad SMARTS) is 2. The Morgan fingerprint density at radius 2 is 0.748 bits per heavy atom. The van der Waals surface area contributed by atoms with Gasteiger partial charge in [-0.1, -0.05) is 137 Å². The first kappa shape index (κ1) is 119. The summed E-state index contributed by atoms with van der Waals surface area (Å²) in [5.74, 6) is 13.8. The maximum Gasteiger partial charge on any atom is 0.335 e. The van der Waals surface area contributed by atoms with E-state index < -0.39 is 97.2 Å². The van der Waals surface area contributed by atoms with E-state index in [2.05, 4.69) is 155 Å². The standard InChI is InChI=1S/2C26H28N2O5.C14H16BrNO4.C13H15NO.C8H6Br2O2.C8H7BrO2.C6H13NO3.CH4O.CH4.H3NO/c2*1-18(30)25(24(31)17-29)28-16-22-14-20(8-9-23(22)26(28)32)5-2-19-3-6-21(7-4-19)15-27-10-12-33-13-11-27;1-3-20-14(19)12(8(2)17)16-7-9-6-10(15)4-5-11(9)13(16)18;1-2-12-3-5-13(6-4-12)11-14-7-9-15-10-8-14;9-4-5-3-6(10)1-2-7(5)8(11)12;1-5-4-6(9)2-3-7(5)8(10)11;1-3-10-6(9)5(7)4(2)8;1-2;;1-2/h2*3-4,6-9,14,18,25,29-30H,10-13,15-17H2,1H3;4-6,8,12,17H,3,7H2,1-2H3;1,3-6H,7-11H2;1-3H,4H2,(H,11,12);2-4H,1H3,(H,10,11);4-5,8H,3,7H2,1-2H3;2H,1H3;1H4;2H,1H2. The fourth-order valence-corrected chi connectivity index (χ4v) is 16.6. The van der Waals surface area contributed by atoms with Gasteiger partial charge in [0.1, 0.15) is 31.3 Å². The second kappa shape index (κ2) is 61.8. The van der Waals surface area contributed by atoms with Gasteiger partial charge in [0.05, 0.1) is 88.4 Å². The van der Waals surface area contributed by atoms with Gasteiger partial charge in [0.25, 0.3) is 17.7 Å². The zero-order chi connectivity index (χ0) is 102. The molecule has 32 nitrogen and oxygen atoms in total. The van der Waals surface area contributed by atoms with Crippen LogP contribution in [0.5, 0.6) is 0 Å². The number of amides is 3. The van der Waals surface area contributed by atoms with Gasteiger partial charge in [-0.15, -0.1) is 6.42 Å². The smallest absolute Gasteiger partial charge is 0.335 e. The van der Waals surface area contributed by atoms with E-state index in [1.165, 1.54) is 59.1 Å². The van der Waals surface area contributed by atoms with E-state index in [9.17, 15) is 68.7 Å². The number of aryl methyl sites for hydroxylation is 1. The largest absolute Gasteiger partial charge is 0.478 e. The highest BCUT2D eigenvalue weighted by Crippen LogP contribution is 2.32. The van der Waals surface area contributed by atoms with Crippen LogP contribution < -0.4 is 11.6 Å². The number of rotatable bonds is 24. The van der Waals surface area contributed by atoms with Crippen molar-refractivity contribution in [2.75, 3.05) is 112 Å². The number of Topliss-reactive ketones (excluding diaryl/α,β-unsaturated/α-hetero) is 2. The van der Waals surface area contributed by atoms with Crippen LogP contribution in [-0.2, 0) is 87.5 Å². The zero-order valence-electron chi connectivity index (χ0n) is 78.1. The molecule has 0 aliphatic carbocycles. The van der Waals surface area contributed by atoms with Gasteiger partial charge in [0.2, 0.25) is 0 Å². The summed E-state index contributed by atoms with van der Waals surface area (Å²) < 4.78 is 28.2. The highest BCUT2D eigenvalue weighted by atomic mass is 79.9. The number of nitrogens with two attached hydrogens (primary N) is 2. The molecule has 6 aliphatic heterocycles. The Morgan fingerprint density at radius 1 is 0.439 bits per heavy atom. The van der Waals surface area contributed by atoms with Crippen molar-refractivity contribution < 1.29 is 118 Å². The number of ketones is 2. The average molecular weight is 2180 g/mol. The molecule has 8 aromatic rings. The lowest BCUT2D eigenvalue weighted by Gasteiger charge is -2.28. The fourth-order valence-electron chi connectivity index (χ4n) is 14.9. The maximum absolute atomic E-state index is 12.8. The molecule has 8 unspecified atom stereocenters. The van der Waals surface area contributed by atoms with Crippen LogP contribution in [0.1, 0.15) is 173 Å². The van der Waals surface area contributed by atoms with Gasteiger partial charge in [0.15, 0.2) is 17.6 Å². The number of morpholine rings is 3. The molecule has 0 aromatic heterocycles. The van der Waals surface area contributed by atoms with Crippen LogP contribution in [-0.4, -0.2) is 295 Å².